The largest absolute Gasteiger partial charge is 0.379 e. The van der Waals surface area contributed by atoms with E-state index in [0.29, 0.717) is 13.2 Å². The van der Waals surface area contributed by atoms with Gasteiger partial charge in [-0.15, -0.1) is 0 Å². The van der Waals surface area contributed by atoms with Gasteiger partial charge in [-0.05, 0) is 12.8 Å². The number of hydrogen-bond donors (Lipinski definition) is 1. The maximum Gasteiger partial charge on any atom is 0.262 e. The molecule has 1 aliphatic rings. The van der Waals surface area contributed by atoms with Crippen LogP contribution in [0.2, 0.25) is 0 Å². The Morgan fingerprint density at radius 3 is 2.85 bits per heavy atom. The van der Waals surface area contributed by atoms with E-state index in [0.717, 1.165) is 12.8 Å². The summed E-state index contributed by atoms with van der Waals surface area (Å²) in [6, 6.07) is 0. The highest BCUT2D eigenvalue weighted by Gasteiger charge is 2.34. The normalized spacial score (nSPS) is 27.2. The van der Waals surface area contributed by atoms with Gasteiger partial charge in [-0.2, -0.15) is 0 Å². The van der Waals surface area contributed by atoms with Crippen LogP contribution in [0.25, 0.3) is 0 Å². The lowest BCUT2D eigenvalue weighted by molar-refractivity contribution is -0.118. The standard InChI is InChI=1S/C9H14ClNO2/c1-3-9(4-5-13-6-9)11-8(12)7(2)10/h2-6H2,1H3,(H,11,12). The van der Waals surface area contributed by atoms with Crippen molar-refractivity contribution in [2.45, 2.75) is 25.3 Å². The molecule has 0 aromatic heterocycles. The molecule has 0 aromatic rings. The summed E-state index contributed by atoms with van der Waals surface area (Å²) >= 11 is 5.48. The molecule has 0 spiro atoms. The first kappa shape index (κ1) is 10.5. The lowest BCUT2D eigenvalue weighted by Crippen LogP contribution is -2.48. The van der Waals surface area contributed by atoms with E-state index >= 15 is 0 Å². The summed E-state index contributed by atoms with van der Waals surface area (Å²) in [5.74, 6) is -0.297. The molecule has 1 fully saturated rings. The Kier molecular flexibility index (Phi) is 3.33. The van der Waals surface area contributed by atoms with Crippen molar-refractivity contribution in [2.24, 2.45) is 0 Å². The van der Waals surface area contributed by atoms with Crippen molar-refractivity contribution in [3.05, 3.63) is 11.6 Å². The van der Waals surface area contributed by atoms with E-state index in [-0.39, 0.29) is 16.5 Å². The van der Waals surface area contributed by atoms with Gasteiger partial charge in [0, 0.05) is 6.61 Å². The molecule has 0 aromatic carbocycles. The van der Waals surface area contributed by atoms with Gasteiger partial charge in [0.1, 0.15) is 0 Å². The Labute approximate surface area is 83.1 Å². The second-order valence-electron chi connectivity index (χ2n) is 3.30. The highest BCUT2D eigenvalue weighted by Crippen LogP contribution is 2.22. The Morgan fingerprint density at radius 1 is 1.77 bits per heavy atom. The van der Waals surface area contributed by atoms with Crippen LogP contribution in [0.5, 0.6) is 0 Å². The number of carbonyl (C=O) groups is 1. The van der Waals surface area contributed by atoms with Crippen LogP contribution < -0.4 is 5.32 Å². The molecule has 0 radical (unpaired) electrons. The molecule has 13 heavy (non-hydrogen) atoms. The van der Waals surface area contributed by atoms with E-state index in [4.69, 9.17) is 16.3 Å². The molecule has 1 amide bonds. The smallest absolute Gasteiger partial charge is 0.262 e. The summed E-state index contributed by atoms with van der Waals surface area (Å²) < 4.78 is 5.24. The van der Waals surface area contributed by atoms with Gasteiger partial charge in [0.25, 0.3) is 5.91 Å². The minimum atomic E-state index is -0.297. The molecule has 1 rings (SSSR count). The van der Waals surface area contributed by atoms with Gasteiger partial charge >= 0.3 is 0 Å². The van der Waals surface area contributed by atoms with Gasteiger partial charge < -0.3 is 10.1 Å². The third kappa shape index (κ3) is 2.45. The highest BCUT2D eigenvalue weighted by molar-refractivity contribution is 6.41. The van der Waals surface area contributed by atoms with E-state index in [1.807, 2.05) is 6.92 Å². The van der Waals surface area contributed by atoms with Crippen molar-refractivity contribution in [3.8, 4) is 0 Å². The predicted molar refractivity (Wildman–Crippen MR) is 51.6 cm³/mol. The molecule has 1 N–H and O–H groups in total. The van der Waals surface area contributed by atoms with E-state index < -0.39 is 0 Å². The third-order valence-electron chi connectivity index (χ3n) is 2.41. The van der Waals surface area contributed by atoms with Crippen molar-refractivity contribution < 1.29 is 9.53 Å². The summed E-state index contributed by atoms with van der Waals surface area (Å²) in [7, 11) is 0. The average molecular weight is 204 g/mol. The maximum atomic E-state index is 11.3. The number of halogens is 1. The number of carbonyl (C=O) groups excluding carboxylic acids is 1. The van der Waals surface area contributed by atoms with Crippen LogP contribution in [0.15, 0.2) is 11.6 Å². The van der Waals surface area contributed by atoms with Crippen LogP contribution in [0.3, 0.4) is 0 Å². The quantitative estimate of drug-likeness (QED) is 0.705. The van der Waals surface area contributed by atoms with E-state index in [2.05, 4.69) is 11.9 Å². The molecule has 3 nitrogen and oxygen atoms in total. The van der Waals surface area contributed by atoms with Crippen molar-refractivity contribution in [2.75, 3.05) is 13.2 Å². The van der Waals surface area contributed by atoms with Crippen LogP contribution in [0.4, 0.5) is 0 Å². The first-order valence-corrected chi connectivity index (χ1v) is 4.72. The minimum absolute atomic E-state index is 0.0275. The summed E-state index contributed by atoms with van der Waals surface area (Å²) in [6.45, 7) is 6.66. The van der Waals surface area contributed by atoms with Crippen LogP contribution in [0.1, 0.15) is 19.8 Å². The van der Waals surface area contributed by atoms with Crippen molar-refractivity contribution in [1.29, 1.82) is 0 Å². The second kappa shape index (κ2) is 4.11. The zero-order chi connectivity index (χ0) is 9.90. The van der Waals surface area contributed by atoms with Crippen LogP contribution in [-0.4, -0.2) is 24.7 Å². The van der Waals surface area contributed by atoms with E-state index in [1.165, 1.54) is 0 Å². The Bertz CT molecular complexity index is 222. The molecule has 1 unspecified atom stereocenters. The Balaban J connectivity index is 2.58. The molecule has 0 aliphatic carbocycles. The van der Waals surface area contributed by atoms with Gasteiger partial charge in [-0.1, -0.05) is 25.1 Å². The first-order valence-electron chi connectivity index (χ1n) is 4.34. The fourth-order valence-electron chi connectivity index (χ4n) is 1.38. The molecule has 1 aliphatic heterocycles. The average Bonchev–Trinajstić information content (AvgIpc) is 2.54. The lowest BCUT2D eigenvalue weighted by atomic mass is 9.95. The molecular weight excluding hydrogens is 190 g/mol. The Hall–Kier alpha value is -0.540. The molecule has 1 atom stereocenters. The molecule has 74 valence electrons. The SMILES string of the molecule is C=C(Cl)C(=O)NC1(CC)CCOC1. The van der Waals surface area contributed by atoms with E-state index in [1.54, 1.807) is 0 Å². The highest BCUT2D eigenvalue weighted by atomic mass is 35.5. The lowest BCUT2D eigenvalue weighted by Gasteiger charge is -2.26. The summed E-state index contributed by atoms with van der Waals surface area (Å²) in [5, 5.41) is 2.87. The summed E-state index contributed by atoms with van der Waals surface area (Å²) in [5.41, 5.74) is -0.227. The zero-order valence-corrected chi connectivity index (χ0v) is 8.49. The van der Waals surface area contributed by atoms with Gasteiger partial charge in [-0.25, -0.2) is 0 Å². The molecule has 0 saturated carbocycles. The molecule has 0 bridgehead atoms. The monoisotopic (exact) mass is 203 g/mol. The predicted octanol–water partition coefficient (Wildman–Crippen LogP) is 1.42. The fourth-order valence-corrected chi connectivity index (χ4v) is 1.43. The number of rotatable bonds is 3. The molecule has 1 saturated heterocycles. The van der Waals surface area contributed by atoms with Crippen molar-refractivity contribution in [1.82, 2.24) is 5.32 Å². The van der Waals surface area contributed by atoms with Crippen molar-refractivity contribution >= 4 is 17.5 Å². The molecular formula is C9H14ClNO2. The minimum Gasteiger partial charge on any atom is -0.379 e. The van der Waals surface area contributed by atoms with Crippen LogP contribution in [0, 0.1) is 0 Å². The molecule has 1 heterocycles. The summed E-state index contributed by atoms with van der Waals surface area (Å²) in [4.78, 5) is 11.3. The maximum absolute atomic E-state index is 11.3. The number of ether oxygens (including phenoxy) is 1. The van der Waals surface area contributed by atoms with Gasteiger partial charge in [0.05, 0.1) is 17.2 Å². The number of amides is 1. The zero-order valence-electron chi connectivity index (χ0n) is 7.73. The van der Waals surface area contributed by atoms with Crippen molar-refractivity contribution in [3.63, 3.8) is 0 Å². The van der Waals surface area contributed by atoms with Gasteiger partial charge in [0.2, 0.25) is 0 Å². The van der Waals surface area contributed by atoms with Crippen LogP contribution in [-0.2, 0) is 9.53 Å². The van der Waals surface area contributed by atoms with Gasteiger partial charge in [0.15, 0.2) is 0 Å². The summed E-state index contributed by atoms with van der Waals surface area (Å²) in [6.07, 6.45) is 1.70. The van der Waals surface area contributed by atoms with E-state index in [9.17, 15) is 4.79 Å². The number of nitrogens with one attached hydrogen (secondary N) is 1. The third-order valence-corrected chi connectivity index (χ3v) is 2.58. The molecule has 4 heteroatoms. The number of hydrogen-bond acceptors (Lipinski definition) is 2. The first-order chi connectivity index (χ1) is 6.09. The van der Waals surface area contributed by atoms with Gasteiger partial charge in [-0.3, -0.25) is 4.79 Å². The Morgan fingerprint density at radius 2 is 2.46 bits per heavy atom. The van der Waals surface area contributed by atoms with Crippen LogP contribution >= 0.6 is 11.6 Å². The fraction of sp³-hybridized carbons (Fsp3) is 0.667. The topological polar surface area (TPSA) is 38.3 Å². The second-order valence-corrected chi connectivity index (χ2v) is 3.75.